The van der Waals surface area contributed by atoms with Crippen molar-refractivity contribution in [1.82, 2.24) is 5.32 Å². The van der Waals surface area contributed by atoms with Crippen molar-refractivity contribution in [2.45, 2.75) is 167 Å². The Kier molecular flexibility index (Phi) is 37.8. The molecule has 0 aliphatic heterocycles. The Bertz CT molecular complexity index is 1300. The number of amides is 1. The van der Waals surface area contributed by atoms with Gasteiger partial charge in [0.05, 0.1) is 39.9 Å². The van der Waals surface area contributed by atoms with Gasteiger partial charge in [-0.25, -0.2) is 4.57 Å². The van der Waals surface area contributed by atoms with Crippen LogP contribution in [0.1, 0.15) is 149 Å². The molecule has 10 heteroatoms. The molecule has 0 aromatic heterocycles. The zero-order valence-corrected chi connectivity index (χ0v) is 38.7. The summed E-state index contributed by atoms with van der Waals surface area (Å²) >= 11 is 0. The van der Waals surface area contributed by atoms with E-state index in [-0.39, 0.29) is 18.9 Å². The SMILES string of the molecule is C/C=C/CC/C=C/CC/C=C/CCCC(O)C(O)C(COP(=O)(O)OCC[N+](C)(C)C)NC(=O)CCCCCCCCC/C=C\C/C=C\C/C=C\C/C=C\C/C=C\CC. The summed E-state index contributed by atoms with van der Waals surface area (Å²) in [5.41, 5.74) is 0. The van der Waals surface area contributed by atoms with Crippen LogP contribution in [0.5, 0.6) is 0 Å². The second-order valence-corrected chi connectivity index (χ2v) is 17.6. The summed E-state index contributed by atoms with van der Waals surface area (Å²) in [4.78, 5) is 23.2. The number of carbonyl (C=O) groups is 1. The van der Waals surface area contributed by atoms with Gasteiger partial charge in [-0.2, -0.15) is 0 Å². The molecule has 0 bridgehead atoms. The molecule has 0 saturated heterocycles. The average molecular weight is 846 g/mol. The van der Waals surface area contributed by atoms with Crippen LogP contribution in [0.3, 0.4) is 0 Å². The molecule has 59 heavy (non-hydrogen) atoms. The molecule has 1 amide bonds. The smallest absolute Gasteiger partial charge is 0.390 e. The Morgan fingerprint density at radius 2 is 1.08 bits per heavy atom. The molecule has 338 valence electrons. The first-order valence-corrected chi connectivity index (χ1v) is 24.1. The van der Waals surface area contributed by atoms with E-state index in [9.17, 15) is 24.5 Å². The molecular formula is C49H86N2O7P+. The fraction of sp³-hybridized carbons (Fsp3) is 0.653. The van der Waals surface area contributed by atoms with E-state index in [2.05, 4.69) is 109 Å². The van der Waals surface area contributed by atoms with Crippen LogP contribution in [0, 0.1) is 0 Å². The molecule has 0 fully saturated rings. The molecule has 0 aliphatic rings. The minimum Gasteiger partial charge on any atom is -0.390 e. The maximum Gasteiger partial charge on any atom is 0.472 e. The van der Waals surface area contributed by atoms with Crippen molar-refractivity contribution in [2.24, 2.45) is 0 Å². The third-order valence-corrected chi connectivity index (χ3v) is 10.4. The molecule has 0 rings (SSSR count). The molecule has 0 aromatic carbocycles. The standard InChI is InChI=1S/C49H85N2O7P/c1-6-8-10-12-14-16-18-20-21-22-23-24-25-26-27-28-29-30-32-34-36-38-40-42-48(53)50-46(45-58-59(55,56)57-44-43-51(3,4)5)49(54)47(52)41-39-37-35-33-31-19-17-15-13-11-9-7-2/h7-10,14-17,20-21,23-24,26-27,33,35,46-47,49,52,54H,6,11-13,18-19,22,25,28-32,34,36-45H2,1-5H3,(H-,50,53,55,56)/p+1/b9-7+,10-8-,16-14-,17-15+,21-20-,24-23-,27-26-,35-33+. The third kappa shape index (κ3) is 40.6. The van der Waals surface area contributed by atoms with E-state index in [1.165, 1.54) is 19.3 Å². The van der Waals surface area contributed by atoms with Gasteiger partial charge in [0, 0.05) is 6.42 Å². The maximum absolute atomic E-state index is 12.9. The number of phosphoric acid groups is 1. The van der Waals surface area contributed by atoms with Gasteiger partial charge in [-0.1, -0.05) is 136 Å². The summed E-state index contributed by atoms with van der Waals surface area (Å²) in [6.45, 7) is 4.20. The van der Waals surface area contributed by atoms with Crippen LogP contribution in [-0.2, 0) is 18.4 Å². The maximum atomic E-state index is 12.9. The highest BCUT2D eigenvalue weighted by Gasteiger charge is 2.31. The monoisotopic (exact) mass is 846 g/mol. The molecule has 9 nitrogen and oxygen atoms in total. The summed E-state index contributed by atoms with van der Waals surface area (Å²) in [6, 6.07) is -1.07. The Balaban J connectivity index is 4.50. The topological polar surface area (TPSA) is 125 Å². The number of nitrogens with one attached hydrogen (secondary N) is 1. The van der Waals surface area contributed by atoms with Gasteiger partial charge < -0.3 is 24.9 Å². The molecule has 4 N–H and O–H groups in total. The highest BCUT2D eigenvalue weighted by atomic mass is 31.2. The van der Waals surface area contributed by atoms with Gasteiger partial charge in [0.15, 0.2) is 0 Å². The van der Waals surface area contributed by atoms with Crippen LogP contribution in [0.2, 0.25) is 0 Å². The second-order valence-electron chi connectivity index (χ2n) is 16.2. The summed E-state index contributed by atoms with van der Waals surface area (Å²) in [5, 5.41) is 24.6. The van der Waals surface area contributed by atoms with Gasteiger partial charge in [0.1, 0.15) is 19.3 Å². The summed E-state index contributed by atoms with van der Waals surface area (Å²) in [5.74, 6) is -0.292. The summed E-state index contributed by atoms with van der Waals surface area (Å²) in [7, 11) is 1.38. The van der Waals surface area contributed by atoms with Crippen molar-refractivity contribution >= 4 is 13.7 Å². The molecule has 0 aliphatic carbocycles. The molecular weight excluding hydrogens is 760 g/mol. The molecule has 4 atom stereocenters. The number of aliphatic hydroxyl groups is 2. The summed E-state index contributed by atoms with van der Waals surface area (Å²) < 4.78 is 23.5. The number of hydrogen-bond acceptors (Lipinski definition) is 6. The van der Waals surface area contributed by atoms with Crippen molar-refractivity contribution in [2.75, 3.05) is 40.9 Å². The first kappa shape index (κ1) is 56.4. The van der Waals surface area contributed by atoms with Gasteiger partial charge in [-0.05, 0) is 103 Å². The fourth-order valence-electron chi connectivity index (χ4n) is 5.85. The summed E-state index contributed by atoms with van der Waals surface area (Å²) in [6.07, 6.45) is 52.0. The zero-order chi connectivity index (χ0) is 43.7. The number of aliphatic hydroxyl groups excluding tert-OH is 2. The normalized spacial score (nSPS) is 15.7. The van der Waals surface area contributed by atoms with Crippen LogP contribution in [0.25, 0.3) is 0 Å². The minimum absolute atomic E-state index is 0.00411. The van der Waals surface area contributed by atoms with Crippen LogP contribution < -0.4 is 5.32 Å². The lowest BCUT2D eigenvalue weighted by atomic mass is 10.0. The Hall–Kier alpha value is -2.62. The highest BCUT2D eigenvalue weighted by molar-refractivity contribution is 7.47. The average Bonchev–Trinajstić information content (AvgIpc) is 3.19. The van der Waals surface area contributed by atoms with Crippen molar-refractivity contribution in [3.63, 3.8) is 0 Å². The van der Waals surface area contributed by atoms with E-state index in [4.69, 9.17) is 9.05 Å². The van der Waals surface area contributed by atoms with Crippen LogP contribution in [-0.4, -0.2) is 84.6 Å². The van der Waals surface area contributed by atoms with Crippen LogP contribution in [0.15, 0.2) is 97.2 Å². The lowest BCUT2D eigenvalue weighted by Crippen LogP contribution is -2.51. The van der Waals surface area contributed by atoms with E-state index < -0.39 is 32.7 Å². The lowest BCUT2D eigenvalue weighted by molar-refractivity contribution is -0.870. The van der Waals surface area contributed by atoms with Crippen LogP contribution >= 0.6 is 7.82 Å². The van der Waals surface area contributed by atoms with Gasteiger partial charge in [-0.3, -0.25) is 13.8 Å². The molecule has 0 saturated carbocycles. The number of phosphoric ester groups is 1. The van der Waals surface area contributed by atoms with Crippen LogP contribution in [0.4, 0.5) is 0 Å². The Morgan fingerprint density at radius 3 is 1.63 bits per heavy atom. The number of hydrogen-bond donors (Lipinski definition) is 4. The Labute approximate surface area is 361 Å². The van der Waals surface area contributed by atoms with E-state index in [0.29, 0.717) is 30.3 Å². The third-order valence-electron chi connectivity index (χ3n) is 9.46. The number of unbranched alkanes of at least 4 members (excludes halogenated alkanes) is 10. The largest absolute Gasteiger partial charge is 0.472 e. The predicted molar refractivity (Wildman–Crippen MR) is 250 cm³/mol. The van der Waals surface area contributed by atoms with Crippen molar-refractivity contribution in [1.29, 1.82) is 0 Å². The van der Waals surface area contributed by atoms with Gasteiger partial charge in [0.25, 0.3) is 0 Å². The van der Waals surface area contributed by atoms with Crippen molar-refractivity contribution in [3.8, 4) is 0 Å². The van der Waals surface area contributed by atoms with E-state index in [0.717, 1.165) is 89.9 Å². The first-order valence-electron chi connectivity index (χ1n) is 22.7. The van der Waals surface area contributed by atoms with Gasteiger partial charge >= 0.3 is 7.82 Å². The highest BCUT2D eigenvalue weighted by Crippen LogP contribution is 2.43. The Morgan fingerprint density at radius 1 is 0.627 bits per heavy atom. The number of allylic oxidation sites excluding steroid dienone is 16. The lowest BCUT2D eigenvalue weighted by Gasteiger charge is -2.28. The number of rotatable bonds is 39. The van der Waals surface area contributed by atoms with Gasteiger partial charge in [-0.15, -0.1) is 0 Å². The number of nitrogens with zero attached hydrogens (tertiary/aromatic N) is 1. The molecule has 0 spiro atoms. The molecule has 0 aromatic rings. The van der Waals surface area contributed by atoms with Crippen molar-refractivity contribution < 1.29 is 38.0 Å². The number of likely N-dealkylation sites (N-methyl/N-ethyl adjacent to an activating group) is 1. The van der Waals surface area contributed by atoms with E-state index in [1.54, 1.807) is 0 Å². The van der Waals surface area contributed by atoms with E-state index in [1.807, 2.05) is 28.1 Å². The second kappa shape index (κ2) is 39.5. The number of quaternary nitrogens is 1. The molecule has 0 radical (unpaired) electrons. The first-order chi connectivity index (χ1) is 28.4. The zero-order valence-electron chi connectivity index (χ0n) is 37.8. The number of carbonyl (C=O) groups excluding carboxylic acids is 1. The fourth-order valence-corrected chi connectivity index (χ4v) is 6.59. The predicted octanol–water partition coefficient (Wildman–Crippen LogP) is 11.7. The molecule has 0 heterocycles. The minimum atomic E-state index is -4.44. The van der Waals surface area contributed by atoms with E-state index >= 15 is 0 Å². The quantitative estimate of drug-likeness (QED) is 0.0210. The molecule has 4 unspecified atom stereocenters. The van der Waals surface area contributed by atoms with Gasteiger partial charge in [0.2, 0.25) is 5.91 Å². The van der Waals surface area contributed by atoms with Crippen molar-refractivity contribution in [3.05, 3.63) is 97.2 Å².